The molecule has 0 saturated carbocycles. The summed E-state index contributed by atoms with van der Waals surface area (Å²) in [7, 11) is 0. The maximum Gasteiger partial charge on any atom is 0.253 e. The standard InChI is InChI=1S/C24H19N5O/c30-24(26-10-9-14-12-25-13-27-14)18-11-17-15-5-1-3-7-19(15)28-22(17)21-16-6-2-4-8-20(16)29-23(18)21/h1-8,11-13,28-29H,9-10H2,(H,25,27)(H,26,30). The summed E-state index contributed by atoms with van der Waals surface area (Å²) in [5, 5.41) is 7.40. The Labute approximate surface area is 171 Å². The maximum absolute atomic E-state index is 13.2. The van der Waals surface area contributed by atoms with Gasteiger partial charge in [-0.1, -0.05) is 36.4 Å². The molecule has 0 atom stereocenters. The topological polar surface area (TPSA) is 89.4 Å². The molecule has 1 amide bonds. The van der Waals surface area contributed by atoms with Gasteiger partial charge in [-0.2, -0.15) is 0 Å². The number of nitrogens with one attached hydrogen (secondary N) is 4. The van der Waals surface area contributed by atoms with Crippen molar-refractivity contribution in [3.63, 3.8) is 0 Å². The molecule has 4 N–H and O–H groups in total. The largest absolute Gasteiger partial charge is 0.354 e. The second-order valence-electron chi connectivity index (χ2n) is 7.52. The lowest BCUT2D eigenvalue weighted by atomic mass is 10.0. The van der Waals surface area contributed by atoms with E-state index in [4.69, 9.17) is 0 Å². The molecule has 0 aliphatic rings. The molecule has 30 heavy (non-hydrogen) atoms. The highest BCUT2D eigenvalue weighted by Gasteiger charge is 2.19. The maximum atomic E-state index is 13.2. The molecule has 6 nitrogen and oxygen atoms in total. The van der Waals surface area contributed by atoms with Gasteiger partial charge in [0, 0.05) is 57.4 Å². The van der Waals surface area contributed by atoms with Crippen molar-refractivity contribution in [3.05, 3.63) is 78.4 Å². The Bertz CT molecular complexity index is 1540. The number of para-hydroxylation sites is 2. The number of H-pyrrole nitrogens is 3. The van der Waals surface area contributed by atoms with Crippen molar-refractivity contribution in [3.8, 4) is 0 Å². The van der Waals surface area contributed by atoms with Crippen LogP contribution in [0.2, 0.25) is 0 Å². The van der Waals surface area contributed by atoms with Gasteiger partial charge in [-0.25, -0.2) is 4.98 Å². The third-order valence-corrected chi connectivity index (χ3v) is 5.74. The number of amides is 1. The first-order valence-corrected chi connectivity index (χ1v) is 9.99. The van der Waals surface area contributed by atoms with Crippen molar-refractivity contribution < 1.29 is 4.79 Å². The number of hydrogen-bond donors (Lipinski definition) is 4. The second kappa shape index (κ2) is 6.49. The predicted molar refractivity (Wildman–Crippen MR) is 120 cm³/mol. The van der Waals surface area contributed by atoms with Gasteiger partial charge < -0.3 is 20.3 Å². The van der Waals surface area contributed by atoms with E-state index in [0.29, 0.717) is 18.5 Å². The van der Waals surface area contributed by atoms with Crippen LogP contribution in [0.5, 0.6) is 0 Å². The first kappa shape index (κ1) is 16.9. The Kier molecular flexibility index (Phi) is 3.64. The molecule has 3 heterocycles. The fourth-order valence-electron chi connectivity index (χ4n) is 4.34. The molecule has 3 aromatic heterocycles. The minimum absolute atomic E-state index is 0.0850. The van der Waals surface area contributed by atoms with Crippen molar-refractivity contribution in [1.82, 2.24) is 25.3 Å². The van der Waals surface area contributed by atoms with Crippen LogP contribution in [0.15, 0.2) is 67.1 Å². The highest BCUT2D eigenvalue weighted by Crippen LogP contribution is 2.37. The molecule has 0 spiro atoms. The van der Waals surface area contributed by atoms with E-state index in [1.807, 2.05) is 36.4 Å². The van der Waals surface area contributed by atoms with Crippen LogP contribution in [-0.2, 0) is 6.42 Å². The minimum atomic E-state index is -0.0850. The lowest BCUT2D eigenvalue weighted by Crippen LogP contribution is -2.26. The number of carbonyl (C=O) groups excluding carboxylic acids is 1. The molecule has 0 aliphatic heterocycles. The fraction of sp³-hybridized carbons (Fsp3) is 0.0833. The van der Waals surface area contributed by atoms with E-state index < -0.39 is 0 Å². The zero-order valence-electron chi connectivity index (χ0n) is 16.1. The van der Waals surface area contributed by atoms with E-state index in [2.05, 4.69) is 43.5 Å². The zero-order valence-corrected chi connectivity index (χ0v) is 16.1. The van der Waals surface area contributed by atoms with E-state index in [1.165, 1.54) is 0 Å². The van der Waals surface area contributed by atoms with Crippen LogP contribution in [0.25, 0.3) is 43.6 Å². The molecule has 6 aromatic rings. The normalized spacial score (nSPS) is 11.7. The van der Waals surface area contributed by atoms with Crippen LogP contribution < -0.4 is 5.32 Å². The third kappa shape index (κ3) is 2.50. The lowest BCUT2D eigenvalue weighted by molar-refractivity contribution is 0.0955. The summed E-state index contributed by atoms with van der Waals surface area (Å²) in [5.41, 5.74) is 5.65. The highest BCUT2D eigenvalue weighted by molar-refractivity contribution is 6.28. The van der Waals surface area contributed by atoms with Crippen molar-refractivity contribution >= 4 is 49.5 Å². The summed E-state index contributed by atoms with van der Waals surface area (Å²) in [6, 6.07) is 18.4. The van der Waals surface area contributed by atoms with Crippen molar-refractivity contribution in [2.45, 2.75) is 6.42 Å². The number of carbonyl (C=O) groups is 1. The summed E-state index contributed by atoms with van der Waals surface area (Å²) in [6.45, 7) is 0.536. The van der Waals surface area contributed by atoms with Gasteiger partial charge in [-0.3, -0.25) is 4.79 Å². The number of nitrogens with zero attached hydrogens (tertiary/aromatic N) is 1. The van der Waals surface area contributed by atoms with Crippen LogP contribution in [0, 0.1) is 0 Å². The quantitative estimate of drug-likeness (QED) is 0.351. The third-order valence-electron chi connectivity index (χ3n) is 5.74. The number of imidazole rings is 1. The molecule has 6 rings (SSSR count). The molecule has 0 fully saturated rings. The van der Waals surface area contributed by atoms with Gasteiger partial charge in [-0.05, 0) is 18.2 Å². The van der Waals surface area contributed by atoms with E-state index in [1.54, 1.807) is 12.5 Å². The molecule has 0 unspecified atom stereocenters. The highest BCUT2D eigenvalue weighted by atomic mass is 16.1. The first-order valence-electron chi connectivity index (χ1n) is 9.99. The predicted octanol–water partition coefficient (Wildman–Crippen LogP) is 4.65. The van der Waals surface area contributed by atoms with Gasteiger partial charge in [0.05, 0.1) is 22.9 Å². The lowest BCUT2D eigenvalue weighted by Gasteiger charge is -2.07. The van der Waals surface area contributed by atoms with E-state index in [0.717, 1.165) is 49.3 Å². The van der Waals surface area contributed by atoms with Crippen molar-refractivity contribution in [2.75, 3.05) is 6.54 Å². The number of benzene rings is 3. The average molecular weight is 393 g/mol. The minimum Gasteiger partial charge on any atom is -0.354 e. The van der Waals surface area contributed by atoms with Crippen LogP contribution >= 0.6 is 0 Å². The van der Waals surface area contributed by atoms with Gasteiger partial charge in [0.2, 0.25) is 0 Å². The van der Waals surface area contributed by atoms with Crippen LogP contribution in [0.1, 0.15) is 16.1 Å². The summed E-state index contributed by atoms with van der Waals surface area (Å²) >= 11 is 0. The Morgan fingerprint density at radius 2 is 1.63 bits per heavy atom. The molecule has 6 heteroatoms. The molecule has 0 radical (unpaired) electrons. The van der Waals surface area contributed by atoms with Crippen LogP contribution in [-0.4, -0.2) is 32.4 Å². The second-order valence-corrected chi connectivity index (χ2v) is 7.52. The SMILES string of the molecule is O=C(NCCc1cnc[nH]1)c1cc2c3ccccc3[nH]c2c2c1[nH]c1ccccc12. The molecule has 3 aromatic carbocycles. The van der Waals surface area contributed by atoms with E-state index in [-0.39, 0.29) is 5.91 Å². The number of aromatic amines is 3. The monoisotopic (exact) mass is 393 g/mol. The summed E-state index contributed by atoms with van der Waals surface area (Å²) in [4.78, 5) is 27.3. The number of fused-ring (bicyclic) bond motifs is 7. The Balaban J connectivity index is 1.54. The first-order chi connectivity index (χ1) is 14.8. The van der Waals surface area contributed by atoms with Gasteiger partial charge in [0.15, 0.2) is 0 Å². The molecule has 0 saturated heterocycles. The Morgan fingerprint density at radius 3 is 2.43 bits per heavy atom. The zero-order chi connectivity index (χ0) is 20.1. The van der Waals surface area contributed by atoms with Gasteiger partial charge >= 0.3 is 0 Å². The van der Waals surface area contributed by atoms with Crippen LogP contribution in [0.3, 0.4) is 0 Å². The van der Waals surface area contributed by atoms with E-state index >= 15 is 0 Å². The Morgan fingerprint density at radius 1 is 0.900 bits per heavy atom. The van der Waals surface area contributed by atoms with Crippen molar-refractivity contribution in [2.24, 2.45) is 0 Å². The van der Waals surface area contributed by atoms with Gasteiger partial charge in [-0.15, -0.1) is 0 Å². The van der Waals surface area contributed by atoms with Gasteiger partial charge in [0.25, 0.3) is 5.91 Å². The molecule has 146 valence electrons. The smallest absolute Gasteiger partial charge is 0.253 e. The summed E-state index contributed by atoms with van der Waals surface area (Å²) < 4.78 is 0. The molecular weight excluding hydrogens is 374 g/mol. The fourth-order valence-corrected chi connectivity index (χ4v) is 4.34. The molecule has 0 bridgehead atoms. The summed E-state index contributed by atoms with van der Waals surface area (Å²) in [6.07, 6.45) is 4.13. The summed E-state index contributed by atoms with van der Waals surface area (Å²) in [5.74, 6) is -0.0850. The van der Waals surface area contributed by atoms with E-state index in [9.17, 15) is 4.79 Å². The number of aromatic nitrogens is 4. The van der Waals surface area contributed by atoms with Gasteiger partial charge in [0.1, 0.15) is 0 Å². The molecule has 0 aliphatic carbocycles. The Hall–Kier alpha value is -4.06. The number of hydrogen-bond acceptors (Lipinski definition) is 2. The average Bonchev–Trinajstić information content (AvgIpc) is 3.49. The van der Waals surface area contributed by atoms with Crippen molar-refractivity contribution in [1.29, 1.82) is 0 Å². The molecular formula is C24H19N5O. The number of rotatable bonds is 4. The van der Waals surface area contributed by atoms with Crippen LogP contribution in [0.4, 0.5) is 0 Å².